The van der Waals surface area contributed by atoms with Gasteiger partial charge >= 0.3 is 0 Å². The number of nitrogens with zero attached hydrogens (tertiary/aromatic N) is 1. The van der Waals surface area contributed by atoms with E-state index in [2.05, 4.69) is 13.0 Å². The Hall–Kier alpha value is -1.12. The first-order valence-electron chi connectivity index (χ1n) is 4.70. The summed E-state index contributed by atoms with van der Waals surface area (Å²) < 4.78 is 0. The molecular formula is C10H17NO2. The fourth-order valence-electron chi connectivity index (χ4n) is 0.893. The van der Waals surface area contributed by atoms with Crippen LogP contribution in [0.15, 0.2) is 24.3 Å². The van der Waals surface area contributed by atoms with E-state index in [1.54, 1.807) is 0 Å². The number of hydrogen-bond acceptors (Lipinski definition) is 2. The molecule has 0 unspecified atom stereocenters. The van der Waals surface area contributed by atoms with Crippen molar-refractivity contribution in [3.05, 3.63) is 34.4 Å². The molecule has 0 heterocycles. The highest BCUT2D eigenvalue weighted by Crippen LogP contribution is 1.97. The largest absolute Gasteiger partial charge is 0.265 e. The van der Waals surface area contributed by atoms with Crippen LogP contribution in [-0.2, 0) is 0 Å². The van der Waals surface area contributed by atoms with Crippen molar-refractivity contribution < 1.29 is 4.92 Å². The molecule has 0 aliphatic carbocycles. The van der Waals surface area contributed by atoms with Crippen LogP contribution < -0.4 is 0 Å². The Balaban J connectivity index is 3.20. The van der Waals surface area contributed by atoms with Gasteiger partial charge in [-0.05, 0) is 19.3 Å². The van der Waals surface area contributed by atoms with Crippen LogP contribution in [0.2, 0.25) is 0 Å². The minimum atomic E-state index is -0.263. The summed E-state index contributed by atoms with van der Waals surface area (Å²) in [5.74, 6) is 0. The van der Waals surface area contributed by atoms with Gasteiger partial charge in [-0.15, -0.1) is 0 Å². The lowest BCUT2D eigenvalue weighted by atomic mass is 10.2. The second-order valence-corrected chi connectivity index (χ2v) is 2.82. The van der Waals surface area contributed by atoms with E-state index in [4.69, 9.17) is 0 Å². The highest BCUT2D eigenvalue weighted by molar-refractivity contribution is 5.01. The van der Waals surface area contributed by atoms with E-state index in [1.165, 1.54) is 0 Å². The van der Waals surface area contributed by atoms with Gasteiger partial charge in [0, 0.05) is 11.3 Å². The van der Waals surface area contributed by atoms with Crippen molar-refractivity contribution in [3.63, 3.8) is 0 Å². The van der Waals surface area contributed by atoms with Gasteiger partial charge in [0.25, 0.3) is 0 Å². The van der Waals surface area contributed by atoms with Crippen molar-refractivity contribution in [2.75, 3.05) is 6.54 Å². The topological polar surface area (TPSA) is 43.1 Å². The van der Waals surface area contributed by atoms with Crippen LogP contribution in [0.4, 0.5) is 0 Å². The van der Waals surface area contributed by atoms with Gasteiger partial charge in [-0.3, -0.25) is 10.1 Å². The molecule has 0 spiro atoms. The lowest BCUT2D eigenvalue weighted by molar-refractivity contribution is -0.480. The van der Waals surface area contributed by atoms with Crippen LogP contribution in [0.5, 0.6) is 0 Å². The average molecular weight is 183 g/mol. The standard InChI is InChI=1S/C10H17NO2/c1-2-3-4-5-6-7-8-9-10-11(12)13/h3-6H,2,7-10H2,1H3/b4-3+,6-5+. The van der Waals surface area contributed by atoms with Crippen LogP contribution in [0.3, 0.4) is 0 Å². The molecule has 0 atom stereocenters. The van der Waals surface area contributed by atoms with E-state index in [-0.39, 0.29) is 11.5 Å². The molecule has 13 heavy (non-hydrogen) atoms. The van der Waals surface area contributed by atoms with E-state index < -0.39 is 0 Å². The molecule has 0 bridgehead atoms. The fraction of sp³-hybridized carbons (Fsp3) is 0.600. The van der Waals surface area contributed by atoms with Crippen LogP contribution in [0.1, 0.15) is 32.6 Å². The quantitative estimate of drug-likeness (QED) is 0.263. The van der Waals surface area contributed by atoms with Crippen LogP contribution in [0.25, 0.3) is 0 Å². The number of rotatable bonds is 7. The van der Waals surface area contributed by atoms with Gasteiger partial charge in [0.05, 0.1) is 0 Å². The summed E-state index contributed by atoms with van der Waals surface area (Å²) in [7, 11) is 0. The summed E-state index contributed by atoms with van der Waals surface area (Å²) in [5.41, 5.74) is 0. The molecule has 0 fully saturated rings. The van der Waals surface area contributed by atoms with Crippen molar-refractivity contribution in [2.24, 2.45) is 0 Å². The minimum absolute atomic E-state index is 0.0959. The molecule has 0 aromatic rings. The maximum Gasteiger partial charge on any atom is 0.203 e. The molecule has 0 saturated carbocycles. The molecule has 0 amide bonds. The maximum atomic E-state index is 9.95. The van der Waals surface area contributed by atoms with Gasteiger partial charge in [-0.1, -0.05) is 31.2 Å². The molecular weight excluding hydrogens is 166 g/mol. The summed E-state index contributed by atoms with van der Waals surface area (Å²) in [6, 6.07) is 0. The zero-order chi connectivity index (χ0) is 9.94. The van der Waals surface area contributed by atoms with Crippen molar-refractivity contribution in [1.29, 1.82) is 0 Å². The Morgan fingerprint density at radius 1 is 1.23 bits per heavy atom. The van der Waals surface area contributed by atoms with Crippen LogP contribution in [0, 0.1) is 10.1 Å². The first-order valence-corrected chi connectivity index (χ1v) is 4.70. The third-order valence-corrected chi connectivity index (χ3v) is 1.58. The average Bonchev–Trinajstić information content (AvgIpc) is 2.09. The minimum Gasteiger partial charge on any atom is -0.265 e. The predicted molar refractivity (Wildman–Crippen MR) is 54.3 cm³/mol. The van der Waals surface area contributed by atoms with Gasteiger partial charge < -0.3 is 0 Å². The van der Waals surface area contributed by atoms with E-state index in [0.717, 1.165) is 19.3 Å². The highest BCUT2D eigenvalue weighted by Gasteiger charge is 1.93. The van der Waals surface area contributed by atoms with Crippen LogP contribution in [-0.4, -0.2) is 11.5 Å². The molecule has 0 saturated heterocycles. The predicted octanol–water partition coefficient (Wildman–Crippen LogP) is 2.96. The number of hydrogen-bond donors (Lipinski definition) is 0. The molecule has 0 rings (SSSR count). The summed E-state index contributed by atoms with van der Waals surface area (Å²) >= 11 is 0. The third kappa shape index (κ3) is 10.9. The van der Waals surface area contributed by atoms with Gasteiger partial charge in [-0.25, -0.2) is 0 Å². The third-order valence-electron chi connectivity index (χ3n) is 1.58. The van der Waals surface area contributed by atoms with Crippen molar-refractivity contribution in [2.45, 2.75) is 32.6 Å². The molecule has 74 valence electrons. The molecule has 0 aromatic heterocycles. The second-order valence-electron chi connectivity index (χ2n) is 2.82. The van der Waals surface area contributed by atoms with Gasteiger partial charge in [0.1, 0.15) is 0 Å². The maximum absolute atomic E-state index is 9.95. The number of allylic oxidation sites excluding steroid dienone is 4. The first-order chi connectivity index (χ1) is 6.27. The lowest BCUT2D eigenvalue weighted by Gasteiger charge is -1.90. The molecule has 0 radical (unpaired) electrons. The lowest BCUT2D eigenvalue weighted by Crippen LogP contribution is -1.99. The van der Waals surface area contributed by atoms with E-state index >= 15 is 0 Å². The molecule has 0 N–H and O–H groups in total. The van der Waals surface area contributed by atoms with Gasteiger partial charge in [0.2, 0.25) is 6.54 Å². The van der Waals surface area contributed by atoms with E-state index in [9.17, 15) is 10.1 Å². The molecule has 0 aromatic carbocycles. The van der Waals surface area contributed by atoms with Crippen molar-refractivity contribution in [1.82, 2.24) is 0 Å². The SMILES string of the molecule is CC/C=C/C=C/CCCC[N+](=O)[O-]. The normalized spacial score (nSPS) is 11.5. The zero-order valence-corrected chi connectivity index (χ0v) is 8.11. The summed E-state index contributed by atoms with van der Waals surface area (Å²) in [5, 5.41) is 9.95. The molecule has 0 aliphatic rings. The monoisotopic (exact) mass is 183 g/mol. The van der Waals surface area contributed by atoms with Crippen LogP contribution >= 0.6 is 0 Å². The van der Waals surface area contributed by atoms with Gasteiger partial charge in [0.15, 0.2) is 0 Å². The van der Waals surface area contributed by atoms with E-state index in [0.29, 0.717) is 6.42 Å². The summed E-state index contributed by atoms with van der Waals surface area (Å²) in [6.45, 7) is 2.18. The highest BCUT2D eigenvalue weighted by atomic mass is 16.6. The van der Waals surface area contributed by atoms with Crippen molar-refractivity contribution in [3.8, 4) is 0 Å². The Morgan fingerprint density at radius 2 is 1.92 bits per heavy atom. The first kappa shape index (κ1) is 11.9. The molecule has 0 aliphatic heterocycles. The smallest absolute Gasteiger partial charge is 0.203 e. The fourth-order valence-corrected chi connectivity index (χ4v) is 0.893. The molecule has 3 nitrogen and oxygen atoms in total. The summed E-state index contributed by atoms with van der Waals surface area (Å²) in [6.07, 6.45) is 11.7. The summed E-state index contributed by atoms with van der Waals surface area (Å²) in [4.78, 5) is 9.69. The van der Waals surface area contributed by atoms with Crippen molar-refractivity contribution >= 4 is 0 Å². The Bertz CT molecular complexity index is 185. The Kier molecular flexibility index (Phi) is 8.20. The molecule has 3 heteroatoms. The number of unbranched alkanes of at least 4 members (excludes halogenated alkanes) is 2. The van der Waals surface area contributed by atoms with E-state index in [1.807, 2.05) is 18.2 Å². The second kappa shape index (κ2) is 8.97. The Labute approximate surface area is 79.3 Å². The Morgan fingerprint density at radius 3 is 2.54 bits per heavy atom. The zero-order valence-electron chi connectivity index (χ0n) is 8.11. The number of nitro groups is 1. The van der Waals surface area contributed by atoms with Gasteiger partial charge in [-0.2, -0.15) is 0 Å².